The Labute approximate surface area is 169 Å². The van der Waals surface area contributed by atoms with E-state index in [0.29, 0.717) is 0 Å². The lowest BCUT2D eigenvalue weighted by Crippen LogP contribution is -2.36. The Bertz CT molecular complexity index is 998. The van der Waals surface area contributed by atoms with Crippen molar-refractivity contribution in [2.24, 2.45) is 7.05 Å². The second-order valence-electron chi connectivity index (χ2n) is 6.22. The summed E-state index contributed by atoms with van der Waals surface area (Å²) in [5.41, 5.74) is 0.148. The van der Waals surface area contributed by atoms with Gasteiger partial charge in [-0.05, 0) is 24.1 Å². The Morgan fingerprint density at radius 1 is 1.21 bits per heavy atom. The van der Waals surface area contributed by atoms with Crippen molar-refractivity contribution in [2.75, 3.05) is 0 Å². The summed E-state index contributed by atoms with van der Waals surface area (Å²) < 4.78 is 64.6. The number of amides is 1. The van der Waals surface area contributed by atoms with E-state index in [1.807, 2.05) is 0 Å². The van der Waals surface area contributed by atoms with Crippen LogP contribution in [-0.4, -0.2) is 30.1 Å². The molecule has 0 saturated heterocycles. The molecular weight excluding hydrogens is 442 g/mol. The van der Waals surface area contributed by atoms with Crippen molar-refractivity contribution in [1.82, 2.24) is 14.9 Å². The lowest BCUT2D eigenvalue weighted by Gasteiger charge is -2.11. The van der Waals surface area contributed by atoms with Crippen LogP contribution in [0.4, 0.5) is 13.2 Å². The molecule has 1 amide bonds. The smallest absolute Gasteiger partial charge is 0.341 e. The Morgan fingerprint density at radius 3 is 2.21 bits per heavy atom. The van der Waals surface area contributed by atoms with Crippen LogP contribution in [0, 0.1) is 0 Å². The lowest BCUT2D eigenvalue weighted by molar-refractivity contribution is -0.173. The summed E-state index contributed by atoms with van der Waals surface area (Å²) in [6.07, 6.45) is -5.06. The fourth-order valence-corrected chi connectivity index (χ4v) is 4.92. The van der Waals surface area contributed by atoms with Gasteiger partial charge in [0.1, 0.15) is 5.82 Å². The number of aromatic nitrogens is 2. The van der Waals surface area contributed by atoms with E-state index < -0.39 is 28.5 Å². The summed E-state index contributed by atoms with van der Waals surface area (Å²) >= 11 is 11.8. The van der Waals surface area contributed by atoms with E-state index >= 15 is 0 Å². The number of alkyl halides is 3. The number of carbonyl (C=O) groups is 1. The first-order chi connectivity index (χ1) is 12.7. The SMILES string of the molecule is CC(C)c1nc(CNC(=O)C(F)(F)F)n(C)c1S(=O)(=O)c1cc(Cl)cc(Cl)c1. The molecule has 0 aliphatic heterocycles. The van der Waals surface area contributed by atoms with Crippen molar-refractivity contribution in [3.63, 3.8) is 0 Å². The van der Waals surface area contributed by atoms with Gasteiger partial charge < -0.3 is 9.88 Å². The van der Waals surface area contributed by atoms with Crippen molar-refractivity contribution >= 4 is 38.9 Å². The zero-order chi connectivity index (χ0) is 21.4. The summed E-state index contributed by atoms with van der Waals surface area (Å²) in [5.74, 6) is -2.56. The molecule has 1 aromatic heterocycles. The summed E-state index contributed by atoms with van der Waals surface area (Å²) in [4.78, 5) is 15.0. The van der Waals surface area contributed by atoms with Crippen LogP contribution in [-0.2, 0) is 28.2 Å². The molecule has 1 N–H and O–H groups in total. The molecule has 0 atom stereocenters. The quantitative estimate of drug-likeness (QED) is 0.738. The molecular formula is C16H16Cl2F3N3O3S. The summed E-state index contributed by atoms with van der Waals surface area (Å²) in [6, 6.07) is 3.79. The molecule has 0 unspecified atom stereocenters. The van der Waals surface area contributed by atoms with Crippen LogP contribution in [0.25, 0.3) is 0 Å². The van der Waals surface area contributed by atoms with Gasteiger partial charge >= 0.3 is 12.1 Å². The highest BCUT2D eigenvalue weighted by Crippen LogP contribution is 2.32. The second-order valence-corrected chi connectivity index (χ2v) is 8.96. The average molecular weight is 458 g/mol. The van der Waals surface area contributed by atoms with Gasteiger partial charge in [0.15, 0.2) is 5.03 Å². The molecule has 28 heavy (non-hydrogen) atoms. The van der Waals surface area contributed by atoms with Gasteiger partial charge in [-0.2, -0.15) is 13.2 Å². The third kappa shape index (κ3) is 4.61. The molecule has 0 bridgehead atoms. The number of halogens is 5. The fourth-order valence-electron chi connectivity index (χ4n) is 2.46. The Kier molecular flexibility index (Phi) is 6.37. The predicted molar refractivity (Wildman–Crippen MR) is 97.1 cm³/mol. The largest absolute Gasteiger partial charge is 0.471 e. The Hall–Kier alpha value is -1.78. The molecule has 154 valence electrons. The van der Waals surface area contributed by atoms with Gasteiger partial charge in [0.2, 0.25) is 9.84 Å². The van der Waals surface area contributed by atoms with Gasteiger partial charge in [-0.1, -0.05) is 37.0 Å². The average Bonchev–Trinajstić information content (AvgIpc) is 2.88. The Balaban J connectivity index is 2.54. The number of hydrogen-bond donors (Lipinski definition) is 1. The maximum Gasteiger partial charge on any atom is 0.471 e. The minimum absolute atomic E-state index is 0.0481. The summed E-state index contributed by atoms with van der Waals surface area (Å²) in [7, 11) is -2.80. The van der Waals surface area contributed by atoms with Crippen LogP contribution in [0.5, 0.6) is 0 Å². The maximum atomic E-state index is 13.1. The highest BCUT2D eigenvalue weighted by Gasteiger charge is 2.39. The molecule has 6 nitrogen and oxygen atoms in total. The first-order valence-corrected chi connectivity index (χ1v) is 10.1. The van der Waals surface area contributed by atoms with E-state index in [1.54, 1.807) is 19.2 Å². The van der Waals surface area contributed by atoms with Crippen molar-refractivity contribution < 1.29 is 26.4 Å². The monoisotopic (exact) mass is 457 g/mol. The molecule has 0 fully saturated rings. The van der Waals surface area contributed by atoms with E-state index in [1.165, 1.54) is 25.2 Å². The number of benzene rings is 1. The number of rotatable bonds is 5. The third-order valence-electron chi connectivity index (χ3n) is 3.77. The summed E-state index contributed by atoms with van der Waals surface area (Å²) in [5, 5.41) is 1.69. The lowest BCUT2D eigenvalue weighted by atomic mass is 10.2. The van der Waals surface area contributed by atoms with Crippen molar-refractivity contribution in [2.45, 2.75) is 42.4 Å². The molecule has 0 saturated carbocycles. The minimum Gasteiger partial charge on any atom is -0.341 e. The molecule has 0 spiro atoms. The zero-order valence-corrected chi connectivity index (χ0v) is 17.3. The van der Waals surface area contributed by atoms with Gasteiger partial charge in [0.05, 0.1) is 17.1 Å². The number of nitrogens with one attached hydrogen (secondary N) is 1. The topological polar surface area (TPSA) is 81.1 Å². The molecule has 0 radical (unpaired) electrons. The molecule has 2 rings (SSSR count). The third-order valence-corrected chi connectivity index (χ3v) is 6.06. The molecule has 1 aromatic carbocycles. The molecule has 2 aromatic rings. The van der Waals surface area contributed by atoms with Crippen LogP contribution in [0.3, 0.4) is 0 Å². The van der Waals surface area contributed by atoms with Gasteiger partial charge in [0, 0.05) is 17.1 Å². The van der Waals surface area contributed by atoms with Gasteiger partial charge in [-0.25, -0.2) is 13.4 Å². The van der Waals surface area contributed by atoms with Crippen LogP contribution < -0.4 is 5.32 Å². The van der Waals surface area contributed by atoms with Crippen molar-refractivity contribution in [3.8, 4) is 0 Å². The highest BCUT2D eigenvalue weighted by molar-refractivity contribution is 7.91. The number of nitrogens with zero attached hydrogens (tertiary/aromatic N) is 2. The molecule has 1 heterocycles. The van der Waals surface area contributed by atoms with E-state index in [2.05, 4.69) is 4.98 Å². The molecule has 0 aliphatic rings. The van der Waals surface area contributed by atoms with Gasteiger partial charge in [-0.15, -0.1) is 0 Å². The number of hydrogen-bond acceptors (Lipinski definition) is 4. The van der Waals surface area contributed by atoms with E-state index in [0.717, 1.165) is 4.57 Å². The van der Waals surface area contributed by atoms with Crippen LogP contribution in [0.2, 0.25) is 10.0 Å². The van der Waals surface area contributed by atoms with E-state index in [-0.39, 0.29) is 37.4 Å². The first-order valence-electron chi connectivity index (χ1n) is 7.86. The van der Waals surface area contributed by atoms with Gasteiger partial charge in [0.25, 0.3) is 0 Å². The first kappa shape index (κ1) is 22.5. The number of sulfone groups is 1. The van der Waals surface area contributed by atoms with Crippen LogP contribution >= 0.6 is 23.2 Å². The van der Waals surface area contributed by atoms with Gasteiger partial charge in [-0.3, -0.25) is 4.79 Å². The molecule has 12 heteroatoms. The predicted octanol–water partition coefficient (Wildman–Crippen LogP) is 3.86. The molecule has 0 aliphatic carbocycles. The standard InChI is InChI=1S/C16H16Cl2F3N3O3S/c1-8(2)13-14(28(26,27)11-5-9(17)4-10(18)6-11)24(3)12(23-13)7-22-15(25)16(19,20)21/h4-6,8H,7H2,1-3H3,(H,22,25). The normalized spacial score (nSPS) is 12.5. The zero-order valence-electron chi connectivity index (χ0n) is 14.9. The van der Waals surface area contributed by atoms with E-state index in [4.69, 9.17) is 23.2 Å². The van der Waals surface area contributed by atoms with E-state index in [9.17, 15) is 26.4 Å². The highest BCUT2D eigenvalue weighted by atomic mass is 35.5. The van der Waals surface area contributed by atoms with Crippen LogP contribution in [0.1, 0.15) is 31.3 Å². The van der Waals surface area contributed by atoms with Crippen molar-refractivity contribution in [1.29, 1.82) is 0 Å². The second kappa shape index (κ2) is 7.92. The van der Waals surface area contributed by atoms with Crippen LogP contribution in [0.15, 0.2) is 28.1 Å². The summed E-state index contributed by atoms with van der Waals surface area (Å²) in [6.45, 7) is 2.77. The Morgan fingerprint density at radius 2 is 1.75 bits per heavy atom. The minimum atomic E-state index is -5.06. The number of imidazole rings is 1. The van der Waals surface area contributed by atoms with Crippen molar-refractivity contribution in [3.05, 3.63) is 39.8 Å². The fraction of sp³-hybridized carbons (Fsp3) is 0.375. The number of carbonyl (C=O) groups excluding carboxylic acids is 1. The maximum absolute atomic E-state index is 13.1.